The summed E-state index contributed by atoms with van der Waals surface area (Å²) in [5.74, 6) is 0.601. The van der Waals surface area contributed by atoms with E-state index in [0.717, 1.165) is 30.4 Å². The number of hydrogen-bond acceptors (Lipinski definition) is 4. The standard InChI is InChI=1S/C25H29FN4O2/c1-15-4-7-19(10-23-17(3)24(31)11-22(15)23)16(2)25(32)27-12-21-14-30(29-28-21)13-18-5-8-20(26)9-6-18/h5-6,8-9,14-15,19,22H,2,4,7,10-13H2,1,3H3,(H,27,32)/t15-,19+,22-/m0/s1. The Kier molecular flexibility index (Phi) is 6.35. The van der Waals surface area contributed by atoms with Crippen molar-refractivity contribution in [2.24, 2.45) is 17.8 Å². The fourth-order valence-electron chi connectivity index (χ4n) is 4.86. The third kappa shape index (κ3) is 4.71. The van der Waals surface area contributed by atoms with Gasteiger partial charge in [0.15, 0.2) is 5.78 Å². The van der Waals surface area contributed by atoms with E-state index in [0.29, 0.717) is 36.1 Å². The summed E-state index contributed by atoms with van der Waals surface area (Å²) < 4.78 is 14.7. The van der Waals surface area contributed by atoms with Crippen molar-refractivity contribution in [1.29, 1.82) is 0 Å². The van der Waals surface area contributed by atoms with Gasteiger partial charge in [0, 0.05) is 12.0 Å². The van der Waals surface area contributed by atoms with Crippen LogP contribution in [0.1, 0.15) is 50.8 Å². The molecule has 1 aromatic heterocycles. The molecule has 2 aliphatic carbocycles. The number of carbonyl (C=O) groups excluding carboxylic acids is 2. The number of Topliss-reactive ketones (excluding diaryl/α,β-unsaturated/α-hetero) is 1. The summed E-state index contributed by atoms with van der Waals surface area (Å²) in [6, 6.07) is 6.23. The Morgan fingerprint density at radius 2 is 2.00 bits per heavy atom. The van der Waals surface area contributed by atoms with Crippen molar-refractivity contribution in [3.63, 3.8) is 0 Å². The molecule has 1 heterocycles. The Hall–Kier alpha value is -3.09. The highest BCUT2D eigenvalue weighted by Gasteiger charge is 2.37. The zero-order valence-electron chi connectivity index (χ0n) is 18.6. The number of ketones is 1. The lowest BCUT2D eigenvalue weighted by Crippen LogP contribution is -2.27. The molecule has 1 aromatic carbocycles. The Bertz CT molecular complexity index is 1070. The summed E-state index contributed by atoms with van der Waals surface area (Å²) in [5.41, 5.74) is 4.23. The number of carbonyl (C=O) groups is 2. The number of amides is 1. The highest BCUT2D eigenvalue weighted by Crippen LogP contribution is 2.45. The number of aromatic nitrogens is 3. The summed E-state index contributed by atoms with van der Waals surface area (Å²) in [6.07, 6.45) is 5.02. The van der Waals surface area contributed by atoms with E-state index in [1.807, 2.05) is 6.92 Å². The van der Waals surface area contributed by atoms with Crippen LogP contribution in [-0.4, -0.2) is 26.7 Å². The van der Waals surface area contributed by atoms with Crippen LogP contribution in [0, 0.1) is 23.6 Å². The Balaban J connectivity index is 1.34. The predicted octanol–water partition coefficient (Wildman–Crippen LogP) is 3.98. The van der Waals surface area contributed by atoms with Gasteiger partial charge in [0.05, 0.1) is 19.3 Å². The smallest absolute Gasteiger partial charge is 0.247 e. The molecule has 0 saturated heterocycles. The van der Waals surface area contributed by atoms with Gasteiger partial charge in [0.1, 0.15) is 11.5 Å². The van der Waals surface area contributed by atoms with E-state index < -0.39 is 0 Å². The molecule has 2 aliphatic rings. The Labute approximate surface area is 187 Å². The zero-order valence-corrected chi connectivity index (χ0v) is 18.6. The summed E-state index contributed by atoms with van der Waals surface area (Å²) >= 11 is 0. The van der Waals surface area contributed by atoms with Crippen molar-refractivity contribution in [1.82, 2.24) is 20.3 Å². The summed E-state index contributed by atoms with van der Waals surface area (Å²) in [7, 11) is 0. The van der Waals surface area contributed by atoms with Crippen LogP contribution in [-0.2, 0) is 22.7 Å². The fourth-order valence-corrected chi connectivity index (χ4v) is 4.86. The van der Waals surface area contributed by atoms with Gasteiger partial charge in [-0.15, -0.1) is 5.10 Å². The van der Waals surface area contributed by atoms with Gasteiger partial charge in [-0.3, -0.25) is 9.59 Å². The van der Waals surface area contributed by atoms with Gasteiger partial charge >= 0.3 is 0 Å². The molecular weight excluding hydrogens is 407 g/mol. The number of hydrogen-bond donors (Lipinski definition) is 1. The number of benzene rings is 1. The lowest BCUT2D eigenvalue weighted by molar-refractivity contribution is -0.118. The molecule has 0 bridgehead atoms. The third-order valence-corrected chi connectivity index (χ3v) is 6.93. The first-order valence-corrected chi connectivity index (χ1v) is 11.1. The molecule has 4 rings (SSSR count). The maximum atomic E-state index is 13.0. The second-order valence-electron chi connectivity index (χ2n) is 9.08. The van der Waals surface area contributed by atoms with Crippen molar-refractivity contribution < 1.29 is 14.0 Å². The fraction of sp³-hybridized carbons (Fsp3) is 0.440. The van der Waals surface area contributed by atoms with Crippen LogP contribution in [0.25, 0.3) is 0 Å². The van der Waals surface area contributed by atoms with E-state index in [9.17, 15) is 14.0 Å². The Morgan fingerprint density at radius 3 is 2.75 bits per heavy atom. The van der Waals surface area contributed by atoms with Crippen LogP contribution >= 0.6 is 0 Å². The first-order chi connectivity index (χ1) is 15.3. The lowest BCUT2D eigenvalue weighted by atomic mass is 9.86. The van der Waals surface area contributed by atoms with Crippen molar-refractivity contribution in [2.45, 2.75) is 52.6 Å². The molecule has 0 spiro atoms. The van der Waals surface area contributed by atoms with Crippen molar-refractivity contribution >= 4 is 11.7 Å². The normalized spacial score (nSPS) is 23.1. The molecule has 7 heteroatoms. The molecule has 1 fully saturated rings. The zero-order chi connectivity index (χ0) is 22.8. The molecule has 0 radical (unpaired) electrons. The van der Waals surface area contributed by atoms with E-state index >= 15 is 0 Å². The van der Waals surface area contributed by atoms with Crippen LogP contribution in [0.5, 0.6) is 0 Å². The van der Waals surface area contributed by atoms with E-state index in [4.69, 9.17) is 0 Å². The minimum atomic E-state index is -0.277. The van der Waals surface area contributed by atoms with Gasteiger partial charge in [0.25, 0.3) is 0 Å². The summed E-state index contributed by atoms with van der Waals surface area (Å²) in [6.45, 7) is 8.95. The van der Waals surface area contributed by atoms with Gasteiger partial charge in [0.2, 0.25) is 5.91 Å². The third-order valence-electron chi connectivity index (χ3n) is 6.93. The molecule has 2 aromatic rings. The first-order valence-electron chi connectivity index (χ1n) is 11.1. The molecule has 1 N–H and O–H groups in total. The second kappa shape index (κ2) is 9.18. The summed E-state index contributed by atoms with van der Waals surface area (Å²) in [4.78, 5) is 25.0. The highest BCUT2D eigenvalue weighted by molar-refractivity contribution is 5.99. The van der Waals surface area contributed by atoms with Crippen molar-refractivity contribution in [2.75, 3.05) is 0 Å². The van der Waals surface area contributed by atoms with E-state index in [1.54, 1.807) is 23.0 Å². The molecular formula is C25H29FN4O2. The molecule has 0 unspecified atom stereocenters. The predicted molar refractivity (Wildman–Crippen MR) is 119 cm³/mol. The monoisotopic (exact) mass is 436 g/mol. The van der Waals surface area contributed by atoms with E-state index in [1.165, 1.54) is 17.7 Å². The quantitative estimate of drug-likeness (QED) is 0.695. The minimum Gasteiger partial charge on any atom is -0.347 e. The van der Waals surface area contributed by atoms with Crippen LogP contribution in [0.3, 0.4) is 0 Å². The van der Waals surface area contributed by atoms with Gasteiger partial charge in [-0.25, -0.2) is 9.07 Å². The average Bonchev–Trinajstić information content (AvgIpc) is 3.29. The number of fused-ring (bicyclic) bond motifs is 1. The molecule has 32 heavy (non-hydrogen) atoms. The number of allylic oxidation sites excluding steroid dienone is 2. The number of nitrogens with one attached hydrogen (secondary N) is 1. The number of nitrogens with zero attached hydrogens (tertiary/aromatic N) is 3. The number of rotatable bonds is 6. The van der Waals surface area contributed by atoms with Crippen molar-refractivity contribution in [3.05, 3.63) is 70.8 Å². The minimum absolute atomic E-state index is 0.0486. The Morgan fingerprint density at radius 1 is 1.25 bits per heavy atom. The van der Waals surface area contributed by atoms with Crippen LogP contribution in [0.15, 0.2) is 53.8 Å². The summed E-state index contributed by atoms with van der Waals surface area (Å²) in [5, 5.41) is 11.1. The van der Waals surface area contributed by atoms with Crippen LogP contribution in [0.4, 0.5) is 4.39 Å². The second-order valence-corrected chi connectivity index (χ2v) is 9.08. The van der Waals surface area contributed by atoms with Crippen LogP contribution in [0.2, 0.25) is 0 Å². The van der Waals surface area contributed by atoms with Crippen molar-refractivity contribution in [3.8, 4) is 0 Å². The van der Waals surface area contributed by atoms with E-state index in [2.05, 4.69) is 29.1 Å². The topological polar surface area (TPSA) is 76.9 Å². The maximum Gasteiger partial charge on any atom is 0.247 e. The van der Waals surface area contributed by atoms with E-state index in [-0.39, 0.29) is 30.0 Å². The largest absolute Gasteiger partial charge is 0.347 e. The molecule has 1 amide bonds. The molecule has 0 aliphatic heterocycles. The van der Waals surface area contributed by atoms with Gasteiger partial charge < -0.3 is 5.32 Å². The molecule has 1 saturated carbocycles. The maximum absolute atomic E-state index is 13.0. The molecule has 3 atom stereocenters. The first kappa shape index (κ1) is 22.1. The lowest BCUT2D eigenvalue weighted by Gasteiger charge is -2.19. The highest BCUT2D eigenvalue weighted by atomic mass is 19.1. The molecule has 168 valence electrons. The molecule has 6 nitrogen and oxygen atoms in total. The van der Waals surface area contributed by atoms with Gasteiger partial charge in [-0.05, 0) is 67.2 Å². The average molecular weight is 437 g/mol. The SMILES string of the molecule is C=C(C(=O)NCc1cn(Cc2ccc(F)cc2)nn1)[C@@H]1CC[C@H](C)[C@@H]2CC(=O)C(C)=C2C1. The number of halogens is 1. The van der Waals surface area contributed by atoms with Gasteiger partial charge in [-0.1, -0.05) is 36.4 Å². The van der Waals surface area contributed by atoms with Crippen LogP contribution < -0.4 is 5.32 Å². The van der Waals surface area contributed by atoms with Gasteiger partial charge in [-0.2, -0.15) is 0 Å².